The standard InChI is InChI=1S/C17H23N5O/c1-21-16(5-8-19-21)12-6-9-22(10-7-12)17(23)13-3-2-4-15-14(13)11-18-20-15/h5,8,11-13H,2-4,6-7,9-10H2,1H3,(H,18,20). The summed E-state index contributed by atoms with van der Waals surface area (Å²) in [7, 11) is 2.00. The lowest BCUT2D eigenvalue weighted by molar-refractivity contribution is -0.134. The molecule has 2 aromatic heterocycles. The Bertz CT molecular complexity index is 695. The summed E-state index contributed by atoms with van der Waals surface area (Å²) in [5.41, 5.74) is 3.56. The van der Waals surface area contributed by atoms with Crippen molar-refractivity contribution in [3.8, 4) is 0 Å². The number of H-pyrrole nitrogens is 1. The summed E-state index contributed by atoms with van der Waals surface area (Å²) in [6, 6.07) is 2.10. The van der Waals surface area contributed by atoms with Crippen LogP contribution in [-0.4, -0.2) is 43.9 Å². The molecule has 6 heteroatoms. The van der Waals surface area contributed by atoms with E-state index in [0.717, 1.165) is 56.5 Å². The minimum Gasteiger partial charge on any atom is -0.342 e. The van der Waals surface area contributed by atoms with Gasteiger partial charge in [-0.2, -0.15) is 10.2 Å². The number of rotatable bonds is 2. The molecule has 1 N–H and O–H groups in total. The lowest BCUT2D eigenvalue weighted by Crippen LogP contribution is -2.41. The maximum absolute atomic E-state index is 12.9. The molecule has 0 aromatic carbocycles. The molecule has 1 aliphatic heterocycles. The minimum atomic E-state index is 0.00533. The van der Waals surface area contributed by atoms with Crippen LogP contribution in [0.3, 0.4) is 0 Å². The van der Waals surface area contributed by atoms with E-state index in [2.05, 4.69) is 26.3 Å². The second-order valence-electron chi connectivity index (χ2n) is 6.73. The molecule has 1 atom stereocenters. The Labute approximate surface area is 135 Å². The zero-order valence-corrected chi connectivity index (χ0v) is 13.5. The predicted octanol–water partition coefficient (Wildman–Crippen LogP) is 1.97. The lowest BCUT2D eigenvalue weighted by Gasteiger charge is -2.35. The molecule has 1 unspecified atom stereocenters. The van der Waals surface area contributed by atoms with Gasteiger partial charge in [0.2, 0.25) is 5.91 Å². The van der Waals surface area contributed by atoms with E-state index in [1.54, 1.807) is 0 Å². The molecule has 0 bridgehead atoms. The number of hydrogen-bond acceptors (Lipinski definition) is 3. The second-order valence-corrected chi connectivity index (χ2v) is 6.73. The van der Waals surface area contributed by atoms with Crippen LogP contribution in [0.15, 0.2) is 18.5 Å². The summed E-state index contributed by atoms with van der Waals surface area (Å²) in [5.74, 6) is 0.809. The first-order valence-corrected chi connectivity index (χ1v) is 8.53. The SMILES string of the molecule is Cn1nccc1C1CCN(C(=O)C2CCCc3[nH]ncc32)CC1. The van der Waals surface area contributed by atoms with Crippen molar-refractivity contribution in [2.45, 2.75) is 43.9 Å². The fraction of sp³-hybridized carbons (Fsp3) is 0.588. The summed E-state index contributed by atoms with van der Waals surface area (Å²) >= 11 is 0. The van der Waals surface area contributed by atoms with E-state index in [0.29, 0.717) is 5.92 Å². The fourth-order valence-corrected chi connectivity index (χ4v) is 4.12. The number of aromatic nitrogens is 4. The van der Waals surface area contributed by atoms with E-state index in [9.17, 15) is 4.79 Å². The Kier molecular flexibility index (Phi) is 3.67. The topological polar surface area (TPSA) is 66.8 Å². The number of fused-ring (bicyclic) bond motifs is 1. The number of piperidine rings is 1. The molecular formula is C17H23N5O. The van der Waals surface area contributed by atoms with Gasteiger partial charge in [0.25, 0.3) is 0 Å². The highest BCUT2D eigenvalue weighted by molar-refractivity contribution is 5.84. The van der Waals surface area contributed by atoms with E-state index in [4.69, 9.17) is 0 Å². The van der Waals surface area contributed by atoms with Gasteiger partial charge in [-0.3, -0.25) is 14.6 Å². The van der Waals surface area contributed by atoms with E-state index in [1.165, 1.54) is 5.69 Å². The predicted molar refractivity (Wildman–Crippen MR) is 86.0 cm³/mol. The fourth-order valence-electron chi connectivity index (χ4n) is 4.12. The zero-order valence-electron chi connectivity index (χ0n) is 13.5. The van der Waals surface area contributed by atoms with Crippen molar-refractivity contribution in [1.29, 1.82) is 0 Å². The van der Waals surface area contributed by atoms with E-state index < -0.39 is 0 Å². The van der Waals surface area contributed by atoms with Gasteiger partial charge in [-0.25, -0.2) is 0 Å². The van der Waals surface area contributed by atoms with Crippen LogP contribution in [0.25, 0.3) is 0 Å². The summed E-state index contributed by atoms with van der Waals surface area (Å²) in [4.78, 5) is 15.0. The first-order chi connectivity index (χ1) is 11.2. The number of aryl methyl sites for hydroxylation is 2. The van der Waals surface area contributed by atoms with Crippen molar-refractivity contribution in [3.63, 3.8) is 0 Å². The molecule has 2 aromatic rings. The Balaban J connectivity index is 1.43. The normalized spacial score (nSPS) is 22.1. The van der Waals surface area contributed by atoms with Crippen molar-refractivity contribution in [2.75, 3.05) is 13.1 Å². The number of aromatic amines is 1. The van der Waals surface area contributed by atoms with E-state index in [-0.39, 0.29) is 11.8 Å². The first kappa shape index (κ1) is 14.5. The molecule has 6 nitrogen and oxygen atoms in total. The van der Waals surface area contributed by atoms with E-state index in [1.807, 2.05) is 24.1 Å². The largest absolute Gasteiger partial charge is 0.342 e. The highest BCUT2D eigenvalue weighted by Crippen LogP contribution is 2.34. The number of nitrogens with one attached hydrogen (secondary N) is 1. The number of carbonyl (C=O) groups excluding carboxylic acids is 1. The van der Waals surface area contributed by atoms with E-state index >= 15 is 0 Å². The summed E-state index contributed by atoms with van der Waals surface area (Å²) in [5, 5.41) is 11.4. The van der Waals surface area contributed by atoms with Crippen LogP contribution in [0.5, 0.6) is 0 Å². The Morgan fingerprint density at radius 2 is 2.13 bits per heavy atom. The molecule has 0 radical (unpaired) electrons. The van der Waals surface area contributed by atoms with Crippen LogP contribution in [0.1, 0.15) is 54.5 Å². The third-order valence-corrected chi connectivity index (χ3v) is 5.43. The zero-order chi connectivity index (χ0) is 15.8. The average Bonchev–Trinajstić information content (AvgIpc) is 3.22. The monoisotopic (exact) mass is 313 g/mol. The summed E-state index contributed by atoms with van der Waals surface area (Å²) < 4.78 is 1.96. The van der Waals surface area contributed by atoms with Gasteiger partial charge in [0.1, 0.15) is 0 Å². The minimum absolute atomic E-state index is 0.00533. The molecule has 4 rings (SSSR count). The molecule has 1 saturated heterocycles. The van der Waals surface area contributed by atoms with Crippen LogP contribution in [0, 0.1) is 0 Å². The van der Waals surface area contributed by atoms with Crippen molar-refractivity contribution in [3.05, 3.63) is 35.4 Å². The van der Waals surface area contributed by atoms with Crippen LogP contribution in [-0.2, 0) is 18.3 Å². The quantitative estimate of drug-likeness (QED) is 0.922. The maximum atomic E-state index is 12.9. The third kappa shape index (κ3) is 2.56. The maximum Gasteiger partial charge on any atom is 0.230 e. The van der Waals surface area contributed by atoms with Gasteiger partial charge in [-0.15, -0.1) is 0 Å². The summed E-state index contributed by atoms with van der Waals surface area (Å²) in [6.07, 6.45) is 8.78. The van der Waals surface area contributed by atoms with Gasteiger partial charge in [0.15, 0.2) is 0 Å². The van der Waals surface area contributed by atoms with Crippen LogP contribution < -0.4 is 0 Å². The summed E-state index contributed by atoms with van der Waals surface area (Å²) in [6.45, 7) is 1.69. The van der Waals surface area contributed by atoms with Crippen LogP contribution in [0.4, 0.5) is 0 Å². The van der Waals surface area contributed by atoms with Crippen molar-refractivity contribution in [1.82, 2.24) is 24.9 Å². The molecule has 3 heterocycles. The van der Waals surface area contributed by atoms with Crippen molar-refractivity contribution < 1.29 is 4.79 Å². The number of likely N-dealkylation sites (tertiary alicyclic amines) is 1. The van der Waals surface area contributed by atoms with Crippen LogP contribution >= 0.6 is 0 Å². The highest BCUT2D eigenvalue weighted by atomic mass is 16.2. The average molecular weight is 313 g/mol. The second kappa shape index (κ2) is 5.83. The Morgan fingerprint density at radius 3 is 2.87 bits per heavy atom. The van der Waals surface area contributed by atoms with Gasteiger partial charge >= 0.3 is 0 Å². The first-order valence-electron chi connectivity index (χ1n) is 8.53. The molecule has 2 aliphatic rings. The molecule has 1 aliphatic carbocycles. The highest BCUT2D eigenvalue weighted by Gasteiger charge is 2.33. The third-order valence-electron chi connectivity index (χ3n) is 5.43. The van der Waals surface area contributed by atoms with Gasteiger partial charge in [0, 0.05) is 49.2 Å². The Hall–Kier alpha value is -2.11. The van der Waals surface area contributed by atoms with Crippen molar-refractivity contribution in [2.24, 2.45) is 7.05 Å². The number of carbonyl (C=O) groups is 1. The van der Waals surface area contributed by atoms with Gasteiger partial charge < -0.3 is 4.90 Å². The van der Waals surface area contributed by atoms with Gasteiger partial charge in [0.05, 0.1) is 12.1 Å². The molecule has 1 fully saturated rings. The molecular weight excluding hydrogens is 290 g/mol. The Morgan fingerprint density at radius 1 is 1.30 bits per heavy atom. The molecule has 0 spiro atoms. The van der Waals surface area contributed by atoms with Crippen molar-refractivity contribution >= 4 is 5.91 Å². The number of nitrogens with zero attached hydrogens (tertiary/aromatic N) is 4. The smallest absolute Gasteiger partial charge is 0.230 e. The molecule has 122 valence electrons. The van der Waals surface area contributed by atoms with Crippen LogP contribution in [0.2, 0.25) is 0 Å². The lowest BCUT2D eigenvalue weighted by atomic mass is 9.85. The molecule has 1 amide bonds. The number of hydrogen-bond donors (Lipinski definition) is 1. The molecule has 23 heavy (non-hydrogen) atoms. The van der Waals surface area contributed by atoms with Gasteiger partial charge in [-0.05, 0) is 38.2 Å². The molecule has 0 saturated carbocycles. The number of amides is 1. The van der Waals surface area contributed by atoms with Gasteiger partial charge in [-0.1, -0.05) is 0 Å².